The molecule has 0 spiro atoms. The molecule has 2 aromatic rings. The fourth-order valence-corrected chi connectivity index (χ4v) is 2.76. The first-order chi connectivity index (χ1) is 11.2. The van der Waals surface area contributed by atoms with Crippen LogP contribution in [-0.2, 0) is 24.3 Å². The Kier molecular flexibility index (Phi) is 4.71. The van der Waals surface area contributed by atoms with Crippen molar-refractivity contribution in [2.75, 3.05) is 0 Å². The summed E-state index contributed by atoms with van der Waals surface area (Å²) in [6.45, 7) is 0.653. The second kappa shape index (κ2) is 7.09. The molecular weight excluding hydrogens is 290 g/mol. The van der Waals surface area contributed by atoms with Crippen LogP contribution >= 0.6 is 0 Å². The molecule has 0 atom stereocenters. The van der Waals surface area contributed by atoms with E-state index in [1.165, 1.54) is 0 Å². The summed E-state index contributed by atoms with van der Waals surface area (Å²) in [4.78, 5) is 23.5. The number of rotatable bonds is 4. The van der Waals surface area contributed by atoms with Crippen molar-refractivity contribution in [2.45, 2.75) is 32.4 Å². The van der Waals surface area contributed by atoms with E-state index in [-0.39, 0.29) is 12.4 Å². The second-order valence-corrected chi connectivity index (χ2v) is 5.68. The number of fused-ring (bicyclic) bond motifs is 1. The fourth-order valence-electron chi connectivity index (χ4n) is 2.76. The Labute approximate surface area is 135 Å². The summed E-state index contributed by atoms with van der Waals surface area (Å²) in [5.41, 5.74) is 3.84. The maximum atomic E-state index is 11.8. The van der Waals surface area contributed by atoms with E-state index in [0.717, 1.165) is 35.1 Å². The van der Waals surface area contributed by atoms with Gasteiger partial charge >= 0.3 is 6.09 Å². The molecule has 1 aliphatic rings. The van der Waals surface area contributed by atoms with Crippen molar-refractivity contribution >= 4 is 11.9 Å². The van der Waals surface area contributed by atoms with Gasteiger partial charge in [-0.1, -0.05) is 48.5 Å². The number of nitrogens with one attached hydrogen (secondary N) is 1. The van der Waals surface area contributed by atoms with E-state index in [0.29, 0.717) is 13.0 Å². The summed E-state index contributed by atoms with van der Waals surface area (Å²) in [5.74, 6) is 0.216. The molecule has 0 unspecified atom stereocenters. The zero-order valence-electron chi connectivity index (χ0n) is 12.9. The molecule has 0 aromatic heterocycles. The standard InChI is InChI=1S/C19H19NO3/c21-18-8-4-7-16-11-15(9-10-17(16)18)12-20-19(22)23-13-14-5-2-1-3-6-14/h1-3,5-6,9-11H,4,7-8,12-13H2,(H,20,22). The van der Waals surface area contributed by atoms with Gasteiger partial charge in [-0.25, -0.2) is 4.79 Å². The summed E-state index contributed by atoms with van der Waals surface area (Å²) < 4.78 is 5.18. The van der Waals surface area contributed by atoms with E-state index in [9.17, 15) is 9.59 Å². The smallest absolute Gasteiger partial charge is 0.407 e. The number of carbonyl (C=O) groups is 2. The molecule has 0 fully saturated rings. The quantitative estimate of drug-likeness (QED) is 0.938. The summed E-state index contributed by atoms with van der Waals surface area (Å²) >= 11 is 0. The van der Waals surface area contributed by atoms with Crippen LogP contribution in [0.4, 0.5) is 4.79 Å². The Balaban J connectivity index is 1.52. The number of ether oxygens (including phenoxy) is 1. The van der Waals surface area contributed by atoms with E-state index in [4.69, 9.17) is 4.74 Å². The van der Waals surface area contributed by atoms with Gasteiger partial charge in [0.1, 0.15) is 6.61 Å². The number of Topliss-reactive ketones (excluding diaryl/α,β-unsaturated/α-hetero) is 1. The molecule has 0 heterocycles. The molecule has 118 valence electrons. The molecule has 0 radical (unpaired) electrons. The average Bonchev–Trinajstić information content (AvgIpc) is 2.59. The van der Waals surface area contributed by atoms with Crippen molar-refractivity contribution in [1.82, 2.24) is 5.32 Å². The van der Waals surface area contributed by atoms with Crippen LogP contribution in [0, 0.1) is 0 Å². The maximum Gasteiger partial charge on any atom is 0.407 e. The van der Waals surface area contributed by atoms with Crippen molar-refractivity contribution in [3.05, 3.63) is 70.8 Å². The maximum absolute atomic E-state index is 11.8. The second-order valence-electron chi connectivity index (χ2n) is 5.68. The van der Waals surface area contributed by atoms with Crippen molar-refractivity contribution in [2.24, 2.45) is 0 Å². The zero-order chi connectivity index (χ0) is 16.1. The summed E-state index contributed by atoms with van der Waals surface area (Å²) in [7, 11) is 0. The van der Waals surface area contributed by atoms with Gasteiger partial charge in [-0.3, -0.25) is 4.79 Å². The number of carbonyl (C=O) groups excluding carboxylic acids is 2. The first-order valence-corrected chi connectivity index (χ1v) is 7.82. The molecule has 1 N–H and O–H groups in total. The highest BCUT2D eigenvalue weighted by molar-refractivity contribution is 5.98. The van der Waals surface area contributed by atoms with E-state index in [1.807, 2.05) is 48.5 Å². The fraction of sp³-hybridized carbons (Fsp3) is 0.263. The Morgan fingerprint density at radius 1 is 1.04 bits per heavy atom. The highest BCUT2D eigenvalue weighted by Gasteiger charge is 2.17. The molecule has 4 nitrogen and oxygen atoms in total. The van der Waals surface area contributed by atoms with Crippen LogP contribution in [0.25, 0.3) is 0 Å². The highest BCUT2D eigenvalue weighted by atomic mass is 16.5. The minimum atomic E-state index is -0.442. The Bertz CT molecular complexity index is 710. The van der Waals surface area contributed by atoms with Gasteiger partial charge in [0.25, 0.3) is 0 Å². The molecule has 0 aliphatic heterocycles. The van der Waals surface area contributed by atoms with Gasteiger partial charge in [0.2, 0.25) is 0 Å². The van der Waals surface area contributed by atoms with E-state index in [2.05, 4.69) is 5.32 Å². The van der Waals surface area contributed by atoms with E-state index in [1.54, 1.807) is 0 Å². The SMILES string of the molecule is O=C(NCc1ccc2c(c1)CCCC2=O)OCc1ccccc1. The Hall–Kier alpha value is -2.62. The number of hydrogen-bond acceptors (Lipinski definition) is 3. The third kappa shape index (κ3) is 3.97. The van der Waals surface area contributed by atoms with Crippen LogP contribution in [0.15, 0.2) is 48.5 Å². The third-order valence-corrected chi connectivity index (χ3v) is 3.97. The van der Waals surface area contributed by atoms with Crippen LogP contribution in [0.5, 0.6) is 0 Å². The number of alkyl carbamates (subject to hydrolysis) is 1. The lowest BCUT2D eigenvalue weighted by atomic mass is 9.89. The molecule has 2 aromatic carbocycles. The van der Waals surface area contributed by atoms with Gasteiger partial charge in [-0.15, -0.1) is 0 Å². The number of amides is 1. The monoisotopic (exact) mass is 309 g/mol. The molecule has 0 saturated heterocycles. The number of aryl methyl sites for hydroxylation is 1. The predicted octanol–water partition coefficient (Wildman–Crippen LogP) is 3.63. The normalized spacial score (nSPS) is 13.3. The molecule has 3 rings (SSSR count). The molecule has 1 amide bonds. The van der Waals surface area contributed by atoms with Crippen LogP contribution in [0.1, 0.15) is 39.9 Å². The Morgan fingerprint density at radius 2 is 1.87 bits per heavy atom. The number of ketones is 1. The van der Waals surface area contributed by atoms with Gasteiger partial charge in [0.15, 0.2) is 5.78 Å². The van der Waals surface area contributed by atoms with E-state index < -0.39 is 6.09 Å². The minimum Gasteiger partial charge on any atom is -0.445 e. The first-order valence-electron chi connectivity index (χ1n) is 7.82. The van der Waals surface area contributed by atoms with Crippen LogP contribution < -0.4 is 5.32 Å². The molecule has 4 heteroatoms. The van der Waals surface area contributed by atoms with Crippen molar-refractivity contribution in [1.29, 1.82) is 0 Å². The molecule has 23 heavy (non-hydrogen) atoms. The number of hydrogen-bond donors (Lipinski definition) is 1. The minimum absolute atomic E-state index is 0.216. The van der Waals surface area contributed by atoms with Gasteiger partial charge in [0.05, 0.1) is 0 Å². The zero-order valence-corrected chi connectivity index (χ0v) is 12.9. The average molecular weight is 309 g/mol. The van der Waals surface area contributed by atoms with Crippen LogP contribution in [0.3, 0.4) is 0 Å². The van der Waals surface area contributed by atoms with Crippen LogP contribution in [-0.4, -0.2) is 11.9 Å². The predicted molar refractivity (Wildman–Crippen MR) is 87.2 cm³/mol. The lowest BCUT2D eigenvalue weighted by Gasteiger charge is -2.15. The molecular formula is C19H19NO3. The number of benzene rings is 2. The molecule has 0 saturated carbocycles. The highest BCUT2D eigenvalue weighted by Crippen LogP contribution is 2.22. The first kappa shape index (κ1) is 15.3. The summed E-state index contributed by atoms with van der Waals surface area (Å²) in [5, 5.41) is 2.74. The summed E-state index contributed by atoms with van der Waals surface area (Å²) in [6, 6.07) is 15.3. The van der Waals surface area contributed by atoms with Gasteiger partial charge in [0, 0.05) is 18.5 Å². The topological polar surface area (TPSA) is 55.4 Å². The third-order valence-electron chi connectivity index (χ3n) is 3.97. The largest absolute Gasteiger partial charge is 0.445 e. The van der Waals surface area contributed by atoms with Gasteiger partial charge in [-0.05, 0) is 29.5 Å². The van der Waals surface area contributed by atoms with E-state index >= 15 is 0 Å². The van der Waals surface area contributed by atoms with Crippen molar-refractivity contribution < 1.29 is 14.3 Å². The van der Waals surface area contributed by atoms with Crippen molar-refractivity contribution in [3.8, 4) is 0 Å². The molecule has 1 aliphatic carbocycles. The van der Waals surface area contributed by atoms with Gasteiger partial charge < -0.3 is 10.1 Å². The lowest BCUT2D eigenvalue weighted by Crippen LogP contribution is -2.24. The summed E-state index contributed by atoms with van der Waals surface area (Å²) in [6.07, 6.45) is 2.02. The van der Waals surface area contributed by atoms with Crippen molar-refractivity contribution in [3.63, 3.8) is 0 Å². The lowest BCUT2D eigenvalue weighted by molar-refractivity contribution is 0.0972. The van der Waals surface area contributed by atoms with Gasteiger partial charge in [-0.2, -0.15) is 0 Å². The van der Waals surface area contributed by atoms with Crippen LogP contribution in [0.2, 0.25) is 0 Å². The molecule has 0 bridgehead atoms. The Morgan fingerprint density at radius 3 is 2.70 bits per heavy atom.